The van der Waals surface area contributed by atoms with E-state index in [0.29, 0.717) is 24.6 Å². The van der Waals surface area contributed by atoms with Crippen molar-refractivity contribution in [1.29, 1.82) is 0 Å². The molecule has 0 unspecified atom stereocenters. The van der Waals surface area contributed by atoms with Gasteiger partial charge in [0.1, 0.15) is 11.5 Å². The second-order valence-electron chi connectivity index (χ2n) is 7.03. The standard InChI is InChI=1S/C21H20N6O/c28-21(22-12-11-20-24-23-19-8-4-5-13-26(19)20)18-14-17(15-9-10-15)25-27(18)16-6-2-1-3-7-16/h1-8,13-15H,9-12H2,(H,22,28). The summed E-state index contributed by atoms with van der Waals surface area (Å²) >= 11 is 0. The quantitative estimate of drug-likeness (QED) is 0.565. The maximum atomic E-state index is 12.9. The minimum atomic E-state index is -0.128. The van der Waals surface area contributed by atoms with E-state index < -0.39 is 0 Å². The summed E-state index contributed by atoms with van der Waals surface area (Å²) < 4.78 is 3.68. The van der Waals surface area contributed by atoms with Crippen molar-refractivity contribution in [1.82, 2.24) is 29.7 Å². The van der Waals surface area contributed by atoms with Gasteiger partial charge in [0.25, 0.3) is 5.91 Å². The number of nitrogens with zero attached hydrogens (tertiary/aromatic N) is 5. The van der Waals surface area contributed by atoms with Crippen LogP contribution in [-0.2, 0) is 6.42 Å². The second-order valence-corrected chi connectivity index (χ2v) is 7.03. The van der Waals surface area contributed by atoms with Crippen molar-refractivity contribution in [2.24, 2.45) is 0 Å². The lowest BCUT2D eigenvalue weighted by atomic mass is 10.2. The number of carbonyl (C=O) groups is 1. The van der Waals surface area contributed by atoms with Crippen molar-refractivity contribution in [2.75, 3.05) is 6.54 Å². The van der Waals surface area contributed by atoms with Gasteiger partial charge in [-0.2, -0.15) is 5.10 Å². The fourth-order valence-corrected chi connectivity index (χ4v) is 3.35. The van der Waals surface area contributed by atoms with Crippen molar-refractivity contribution in [3.05, 3.63) is 78.0 Å². The fraction of sp³-hybridized carbons (Fsp3) is 0.238. The van der Waals surface area contributed by atoms with E-state index in [9.17, 15) is 4.79 Å². The Balaban J connectivity index is 1.33. The van der Waals surface area contributed by atoms with Gasteiger partial charge in [0, 0.05) is 25.1 Å². The molecule has 1 amide bonds. The normalized spacial score (nSPS) is 13.7. The smallest absolute Gasteiger partial charge is 0.270 e. The van der Waals surface area contributed by atoms with Crippen LogP contribution in [0.2, 0.25) is 0 Å². The van der Waals surface area contributed by atoms with Crippen LogP contribution in [0, 0.1) is 0 Å². The van der Waals surface area contributed by atoms with Crippen molar-refractivity contribution in [2.45, 2.75) is 25.2 Å². The average Bonchev–Trinajstić information content (AvgIpc) is 3.36. The van der Waals surface area contributed by atoms with Gasteiger partial charge in [-0.15, -0.1) is 10.2 Å². The first-order chi connectivity index (χ1) is 13.8. The Bertz CT molecular complexity index is 1130. The first kappa shape index (κ1) is 16.7. The summed E-state index contributed by atoms with van der Waals surface area (Å²) in [6, 6.07) is 17.5. The van der Waals surface area contributed by atoms with Gasteiger partial charge in [0.2, 0.25) is 0 Å². The van der Waals surface area contributed by atoms with Crippen molar-refractivity contribution < 1.29 is 4.79 Å². The Kier molecular flexibility index (Phi) is 4.12. The van der Waals surface area contributed by atoms with Crippen LogP contribution in [0.4, 0.5) is 0 Å². The topological polar surface area (TPSA) is 77.1 Å². The zero-order chi connectivity index (χ0) is 18.9. The molecule has 0 radical (unpaired) electrons. The number of benzene rings is 1. The van der Waals surface area contributed by atoms with Crippen LogP contribution in [0.3, 0.4) is 0 Å². The predicted octanol–water partition coefficient (Wildman–Crippen LogP) is 2.76. The van der Waals surface area contributed by atoms with Crippen LogP contribution in [0.5, 0.6) is 0 Å². The van der Waals surface area contributed by atoms with E-state index >= 15 is 0 Å². The van der Waals surface area contributed by atoms with Crippen LogP contribution < -0.4 is 5.32 Å². The predicted molar refractivity (Wildman–Crippen MR) is 105 cm³/mol. The zero-order valence-corrected chi connectivity index (χ0v) is 15.3. The fourth-order valence-electron chi connectivity index (χ4n) is 3.35. The SMILES string of the molecule is O=C(NCCc1nnc2ccccn12)c1cc(C2CC2)nn1-c1ccccc1. The molecule has 140 valence electrons. The van der Waals surface area contributed by atoms with Crippen LogP contribution >= 0.6 is 0 Å². The van der Waals surface area contributed by atoms with E-state index in [-0.39, 0.29) is 5.91 Å². The number of para-hydroxylation sites is 1. The van der Waals surface area contributed by atoms with E-state index in [2.05, 4.69) is 15.5 Å². The summed E-state index contributed by atoms with van der Waals surface area (Å²) in [5, 5.41) is 16.0. The van der Waals surface area contributed by atoms with Crippen LogP contribution in [-0.4, -0.2) is 36.8 Å². The number of fused-ring (bicyclic) bond motifs is 1. The molecule has 0 atom stereocenters. The van der Waals surface area contributed by atoms with Gasteiger partial charge in [-0.1, -0.05) is 24.3 Å². The Hall–Kier alpha value is -3.48. The molecular formula is C21H20N6O. The Morgan fingerprint density at radius 2 is 1.89 bits per heavy atom. The highest BCUT2D eigenvalue weighted by Gasteiger charge is 2.29. The molecule has 0 spiro atoms. The number of hydrogen-bond acceptors (Lipinski definition) is 4. The van der Waals surface area contributed by atoms with E-state index in [1.165, 1.54) is 0 Å². The molecular weight excluding hydrogens is 352 g/mol. The molecule has 0 bridgehead atoms. The number of aromatic nitrogens is 5. The highest BCUT2D eigenvalue weighted by molar-refractivity contribution is 5.93. The molecule has 1 aliphatic carbocycles. The molecule has 0 saturated heterocycles. The highest BCUT2D eigenvalue weighted by Crippen LogP contribution is 2.39. The Morgan fingerprint density at radius 3 is 2.71 bits per heavy atom. The van der Waals surface area contributed by atoms with Gasteiger partial charge in [-0.3, -0.25) is 9.20 Å². The summed E-state index contributed by atoms with van der Waals surface area (Å²) in [6.07, 6.45) is 4.82. The molecule has 0 aliphatic heterocycles. The average molecular weight is 372 g/mol. The third-order valence-electron chi connectivity index (χ3n) is 4.98. The first-order valence-electron chi connectivity index (χ1n) is 9.52. The van der Waals surface area contributed by atoms with Gasteiger partial charge >= 0.3 is 0 Å². The van der Waals surface area contributed by atoms with Gasteiger partial charge in [-0.05, 0) is 43.2 Å². The lowest BCUT2D eigenvalue weighted by Gasteiger charge is -2.08. The third kappa shape index (κ3) is 3.15. The maximum absolute atomic E-state index is 12.9. The summed E-state index contributed by atoms with van der Waals surface area (Å²) in [5.41, 5.74) is 3.26. The van der Waals surface area contributed by atoms with Crippen molar-refractivity contribution >= 4 is 11.6 Å². The van der Waals surface area contributed by atoms with Gasteiger partial charge in [0.05, 0.1) is 11.4 Å². The minimum absolute atomic E-state index is 0.128. The van der Waals surface area contributed by atoms with E-state index in [4.69, 9.17) is 5.10 Å². The molecule has 3 heterocycles. The first-order valence-corrected chi connectivity index (χ1v) is 9.52. The lowest BCUT2D eigenvalue weighted by molar-refractivity contribution is 0.0946. The summed E-state index contributed by atoms with van der Waals surface area (Å²) in [7, 11) is 0. The summed E-state index contributed by atoms with van der Waals surface area (Å²) in [5.74, 6) is 1.18. The molecule has 4 aromatic rings. The maximum Gasteiger partial charge on any atom is 0.270 e. The van der Waals surface area contributed by atoms with Gasteiger partial charge < -0.3 is 5.32 Å². The number of rotatable bonds is 6. The lowest BCUT2D eigenvalue weighted by Crippen LogP contribution is -2.28. The number of pyridine rings is 1. The van der Waals surface area contributed by atoms with E-state index in [1.54, 1.807) is 4.68 Å². The number of carbonyl (C=O) groups excluding carboxylic acids is 1. The number of hydrogen-bond donors (Lipinski definition) is 1. The number of amides is 1. The van der Waals surface area contributed by atoms with Gasteiger partial charge in [0.15, 0.2) is 5.65 Å². The summed E-state index contributed by atoms with van der Waals surface area (Å²) in [6.45, 7) is 0.479. The second kappa shape index (κ2) is 6.92. The molecule has 1 saturated carbocycles. The van der Waals surface area contributed by atoms with Crippen LogP contribution in [0.1, 0.15) is 40.8 Å². The minimum Gasteiger partial charge on any atom is -0.350 e. The molecule has 5 rings (SSSR count). The Morgan fingerprint density at radius 1 is 1.07 bits per heavy atom. The molecule has 7 heteroatoms. The molecule has 28 heavy (non-hydrogen) atoms. The summed E-state index contributed by atoms with van der Waals surface area (Å²) in [4.78, 5) is 12.9. The number of nitrogens with one attached hydrogen (secondary N) is 1. The van der Waals surface area contributed by atoms with E-state index in [0.717, 1.165) is 35.7 Å². The van der Waals surface area contributed by atoms with Gasteiger partial charge in [-0.25, -0.2) is 4.68 Å². The molecule has 1 N–H and O–H groups in total. The zero-order valence-electron chi connectivity index (χ0n) is 15.3. The molecule has 7 nitrogen and oxygen atoms in total. The molecule has 1 fully saturated rings. The Labute approximate surface area is 162 Å². The highest BCUT2D eigenvalue weighted by atomic mass is 16.2. The monoisotopic (exact) mass is 372 g/mol. The molecule has 3 aromatic heterocycles. The van der Waals surface area contributed by atoms with Crippen molar-refractivity contribution in [3.63, 3.8) is 0 Å². The van der Waals surface area contributed by atoms with Crippen LogP contribution in [0.25, 0.3) is 11.3 Å². The van der Waals surface area contributed by atoms with Crippen molar-refractivity contribution in [3.8, 4) is 5.69 Å². The third-order valence-corrected chi connectivity index (χ3v) is 4.98. The largest absolute Gasteiger partial charge is 0.350 e. The molecule has 1 aliphatic rings. The molecule has 1 aromatic carbocycles. The van der Waals surface area contributed by atoms with Crippen LogP contribution in [0.15, 0.2) is 60.8 Å². The van der Waals surface area contributed by atoms with E-state index in [1.807, 2.05) is 65.2 Å².